The van der Waals surface area contributed by atoms with Crippen LogP contribution in [-0.4, -0.2) is 51.1 Å². The molecule has 3 atom stereocenters. The van der Waals surface area contributed by atoms with Crippen molar-refractivity contribution in [1.82, 2.24) is 15.5 Å². The Bertz CT molecular complexity index is 949. The van der Waals surface area contributed by atoms with Crippen LogP contribution in [0.1, 0.15) is 112 Å². The predicted molar refractivity (Wildman–Crippen MR) is 150 cm³/mol. The van der Waals surface area contributed by atoms with Gasteiger partial charge in [-0.2, -0.15) is 0 Å². The van der Waals surface area contributed by atoms with Crippen LogP contribution in [0.2, 0.25) is 0 Å². The molecule has 3 N–H and O–H groups in total. The molecule has 214 valence electrons. The van der Waals surface area contributed by atoms with Gasteiger partial charge in [0.25, 0.3) is 0 Å². The van der Waals surface area contributed by atoms with Crippen LogP contribution in [0.25, 0.3) is 0 Å². The smallest absolute Gasteiger partial charge is 0.408 e. The Morgan fingerprint density at radius 2 is 1.71 bits per heavy atom. The van der Waals surface area contributed by atoms with Crippen LogP contribution in [-0.2, 0) is 14.3 Å². The second-order valence-electron chi connectivity index (χ2n) is 12.2. The summed E-state index contributed by atoms with van der Waals surface area (Å²) in [5, 5.41) is 16.3. The maximum Gasteiger partial charge on any atom is 0.408 e. The van der Waals surface area contributed by atoms with Crippen molar-refractivity contribution < 1.29 is 24.2 Å². The molecule has 0 heterocycles. The lowest BCUT2D eigenvalue weighted by Gasteiger charge is -2.45. The molecule has 0 bridgehead atoms. The first-order chi connectivity index (χ1) is 17.7. The summed E-state index contributed by atoms with van der Waals surface area (Å²) >= 11 is 0. The number of amides is 3. The maximum atomic E-state index is 14.5. The molecule has 2 rings (SSSR count). The van der Waals surface area contributed by atoms with Crippen molar-refractivity contribution in [3.63, 3.8) is 0 Å². The molecule has 8 heteroatoms. The van der Waals surface area contributed by atoms with Gasteiger partial charge in [0.1, 0.15) is 23.4 Å². The van der Waals surface area contributed by atoms with Gasteiger partial charge in [-0.25, -0.2) is 4.79 Å². The van der Waals surface area contributed by atoms with E-state index in [2.05, 4.69) is 10.6 Å². The third kappa shape index (κ3) is 8.63. The van der Waals surface area contributed by atoms with Gasteiger partial charge in [0.15, 0.2) is 0 Å². The van der Waals surface area contributed by atoms with Crippen molar-refractivity contribution >= 4 is 17.9 Å². The quantitative estimate of drug-likeness (QED) is 0.352. The van der Waals surface area contributed by atoms with Crippen molar-refractivity contribution in [2.24, 2.45) is 5.92 Å². The molecule has 0 aliphatic heterocycles. The Labute approximate surface area is 228 Å². The largest absolute Gasteiger partial charge is 0.508 e. The molecule has 38 heavy (non-hydrogen) atoms. The highest BCUT2D eigenvalue weighted by Crippen LogP contribution is 2.34. The minimum Gasteiger partial charge on any atom is -0.508 e. The van der Waals surface area contributed by atoms with Gasteiger partial charge in [-0.05, 0) is 77.5 Å². The number of alkyl carbamates (subject to hydrolysis) is 1. The Hall–Kier alpha value is -2.77. The van der Waals surface area contributed by atoms with Crippen molar-refractivity contribution in [3.05, 3.63) is 29.8 Å². The molecule has 1 fully saturated rings. The molecule has 0 spiro atoms. The van der Waals surface area contributed by atoms with Gasteiger partial charge in [-0.15, -0.1) is 0 Å². The van der Waals surface area contributed by atoms with Crippen LogP contribution in [0.3, 0.4) is 0 Å². The number of phenols is 1. The molecule has 0 aromatic heterocycles. The molecular formula is C30H49N3O5. The topological polar surface area (TPSA) is 108 Å². The summed E-state index contributed by atoms with van der Waals surface area (Å²) in [5.74, 6) is -0.830. The van der Waals surface area contributed by atoms with Gasteiger partial charge < -0.3 is 25.4 Å². The standard InChI is InChI=1S/C30H49N3O5/c1-9-20(3)24(32-28(37)38-29(4,5)6)27(36)33(30(7,8)10-2)25(21-15-14-18-23(34)19-21)26(35)31-22-16-12-11-13-17-22/h14-15,18-20,22,24-25,34H,9-13,16-17H2,1-8H3,(H,31,35)(H,32,37). The summed E-state index contributed by atoms with van der Waals surface area (Å²) in [6.07, 6.45) is 5.61. The van der Waals surface area contributed by atoms with E-state index in [1.807, 2.05) is 34.6 Å². The molecule has 1 aliphatic carbocycles. The van der Waals surface area contributed by atoms with E-state index in [9.17, 15) is 19.5 Å². The highest BCUT2D eigenvalue weighted by Gasteiger charge is 2.44. The van der Waals surface area contributed by atoms with Crippen LogP contribution >= 0.6 is 0 Å². The average molecular weight is 532 g/mol. The first kappa shape index (κ1) is 31.4. The van der Waals surface area contributed by atoms with Crippen molar-refractivity contribution in [2.45, 2.75) is 130 Å². The molecule has 0 radical (unpaired) electrons. The molecule has 1 aliphatic rings. The lowest BCUT2D eigenvalue weighted by atomic mass is 9.89. The minimum absolute atomic E-state index is 0.0185. The van der Waals surface area contributed by atoms with Crippen molar-refractivity contribution in [1.29, 1.82) is 0 Å². The summed E-state index contributed by atoms with van der Waals surface area (Å²) in [7, 11) is 0. The van der Waals surface area contributed by atoms with Crippen LogP contribution in [0.4, 0.5) is 4.79 Å². The Morgan fingerprint density at radius 1 is 1.08 bits per heavy atom. The molecule has 0 saturated heterocycles. The number of carbonyl (C=O) groups is 3. The van der Waals surface area contributed by atoms with Gasteiger partial charge in [0, 0.05) is 11.6 Å². The van der Waals surface area contributed by atoms with Crippen LogP contribution < -0.4 is 10.6 Å². The summed E-state index contributed by atoms with van der Waals surface area (Å²) in [6, 6.07) is 4.68. The second kappa shape index (κ2) is 13.3. The van der Waals surface area contributed by atoms with E-state index in [1.54, 1.807) is 43.9 Å². The Balaban J connectivity index is 2.58. The normalized spacial score (nSPS) is 17.2. The second-order valence-corrected chi connectivity index (χ2v) is 12.2. The molecule has 3 amide bonds. The van der Waals surface area contributed by atoms with Crippen LogP contribution in [0.15, 0.2) is 24.3 Å². The van der Waals surface area contributed by atoms with E-state index in [1.165, 1.54) is 6.07 Å². The highest BCUT2D eigenvalue weighted by molar-refractivity contribution is 5.93. The van der Waals surface area contributed by atoms with Gasteiger partial charge in [-0.3, -0.25) is 9.59 Å². The summed E-state index contributed by atoms with van der Waals surface area (Å²) in [4.78, 5) is 42.9. The molecule has 8 nitrogen and oxygen atoms in total. The number of aromatic hydroxyl groups is 1. The lowest BCUT2D eigenvalue weighted by molar-refractivity contribution is -0.150. The fourth-order valence-corrected chi connectivity index (χ4v) is 4.85. The highest BCUT2D eigenvalue weighted by atomic mass is 16.6. The summed E-state index contributed by atoms with van der Waals surface area (Å²) in [5.41, 5.74) is -0.939. The zero-order valence-electron chi connectivity index (χ0n) is 24.6. The number of rotatable bonds is 10. The lowest BCUT2D eigenvalue weighted by Crippen LogP contribution is -2.61. The number of benzene rings is 1. The first-order valence-electron chi connectivity index (χ1n) is 14.1. The zero-order valence-corrected chi connectivity index (χ0v) is 24.6. The number of nitrogens with zero attached hydrogens (tertiary/aromatic N) is 1. The van der Waals surface area contributed by atoms with E-state index in [-0.39, 0.29) is 29.5 Å². The third-order valence-corrected chi connectivity index (χ3v) is 7.55. The SMILES string of the molecule is CCC(C)C(NC(=O)OC(C)(C)C)C(=O)N(C(C(=O)NC1CCCCC1)c1cccc(O)c1)C(C)(C)CC. The van der Waals surface area contributed by atoms with Crippen molar-refractivity contribution in [3.8, 4) is 5.75 Å². The maximum absolute atomic E-state index is 14.5. The third-order valence-electron chi connectivity index (χ3n) is 7.55. The van der Waals surface area contributed by atoms with E-state index in [4.69, 9.17) is 4.74 Å². The molecule has 1 saturated carbocycles. The number of hydrogen-bond donors (Lipinski definition) is 3. The molecule has 3 unspecified atom stereocenters. The monoisotopic (exact) mass is 531 g/mol. The first-order valence-corrected chi connectivity index (χ1v) is 14.1. The van der Waals surface area contributed by atoms with Gasteiger partial charge in [-0.1, -0.05) is 58.6 Å². The number of hydrogen-bond acceptors (Lipinski definition) is 5. The number of phenolic OH excluding ortho intramolecular Hbond substituents is 1. The van der Waals surface area contributed by atoms with Crippen LogP contribution in [0, 0.1) is 5.92 Å². The minimum atomic E-state index is -0.988. The average Bonchev–Trinajstić information content (AvgIpc) is 2.84. The van der Waals surface area contributed by atoms with E-state index < -0.39 is 29.3 Å². The molecular weight excluding hydrogens is 482 g/mol. The van der Waals surface area contributed by atoms with Crippen molar-refractivity contribution in [2.75, 3.05) is 0 Å². The number of carbonyl (C=O) groups excluding carboxylic acids is 3. The van der Waals surface area contributed by atoms with E-state index in [0.717, 1.165) is 32.1 Å². The predicted octanol–water partition coefficient (Wildman–Crippen LogP) is 5.84. The number of nitrogens with one attached hydrogen (secondary N) is 2. The van der Waals surface area contributed by atoms with E-state index >= 15 is 0 Å². The van der Waals surface area contributed by atoms with Gasteiger partial charge in [0.2, 0.25) is 11.8 Å². The van der Waals surface area contributed by atoms with E-state index in [0.29, 0.717) is 18.4 Å². The Kier molecular flexibility index (Phi) is 11.0. The Morgan fingerprint density at radius 3 is 2.24 bits per heavy atom. The summed E-state index contributed by atoms with van der Waals surface area (Å²) in [6.45, 7) is 15.0. The fourth-order valence-electron chi connectivity index (χ4n) is 4.85. The zero-order chi connectivity index (χ0) is 28.7. The fraction of sp³-hybridized carbons (Fsp3) is 0.700. The molecule has 1 aromatic rings. The van der Waals surface area contributed by atoms with Gasteiger partial charge in [0.05, 0.1) is 0 Å². The summed E-state index contributed by atoms with van der Waals surface area (Å²) < 4.78 is 5.48. The van der Waals surface area contributed by atoms with Gasteiger partial charge >= 0.3 is 6.09 Å². The molecule has 1 aromatic carbocycles. The number of ether oxygens (including phenoxy) is 1. The van der Waals surface area contributed by atoms with Crippen LogP contribution in [0.5, 0.6) is 5.75 Å².